The Balaban J connectivity index is 0.000000188. The van der Waals surface area contributed by atoms with Crippen molar-refractivity contribution in [3.63, 3.8) is 0 Å². The van der Waals surface area contributed by atoms with E-state index in [1.54, 1.807) is 12.1 Å². The average Bonchev–Trinajstić information content (AvgIpc) is 1.60. The van der Waals surface area contributed by atoms with Crippen LogP contribution in [-0.4, -0.2) is 77.6 Å². The number of carboxylic acid groups (broad SMARTS) is 2. The number of hydrogen-bond donors (Lipinski definition) is 2. The number of pyridine rings is 2. The first-order chi connectivity index (χ1) is 43.9. The van der Waals surface area contributed by atoms with Crippen LogP contribution in [-0.2, 0) is 35.5 Å². The predicted molar refractivity (Wildman–Crippen MR) is 332 cm³/mol. The minimum Gasteiger partial charge on any atom is -0.478 e. The summed E-state index contributed by atoms with van der Waals surface area (Å²) in [5, 5.41) is 37.2. The van der Waals surface area contributed by atoms with Gasteiger partial charge in [-0.15, -0.1) is 0 Å². The molecule has 2 saturated heterocycles. The Kier molecular flexibility index (Phi) is 18.1. The fraction of sp³-hybridized carbons (Fsp3) is 0.235. The third-order valence-electron chi connectivity index (χ3n) is 16.1. The molecule has 2 fully saturated rings. The fourth-order valence-electron chi connectivity index (χ4n) is 11.2. The minimum absolute atomic E-state index is 0.0489. The predicted octanol–water partition coefficient (Wildman–Crippen LogP) is 15.2. The molecule has 2 aliphatic rings. The number of nitrogens with zero attached hydrogens (tertiary/aromatic N) is 8. The highest BCUT2D eigenvalue weighted by atomic mass is 79.9. The lowest BCUT2D eigenvalue weighted by molar-refractivity contribution is 0.0686. The number of halogens is 8. The molecular formula is C68H52Br2F6N8O8. The second-order valence-electron chi connectivity index (χ2n) is 23.4. The van der Waals surface area contributed by atoms with E-state index >= 15 is 17.6 Å². The second kappa shape index (κ2) is 26.0. The molecule has 6 aromatic carbocycles. The van der Waals surface area contributed by atoms with Crippen LogP contribution in [0.25, 0.3) is 44.6 Å². The van der Waals surface area contributed by atoms with Crippen LogP contribution in [0.3, 0.4) is 0 Å². The monoisotopic (exact) mass is 1380 g/mol. The Hall–Kier alpha value is -9.46. The zero-order valence-corrected chi connectivity index (χ0v) is 52.5. The maximum Gasteiger partial charge on any atom is 0.335 e. The van der Waals surface area contributed by atoms with Gasteiger partial charge >= 0.3 is 11.9 Å². The normalized spacial score (nSPS) is 15.6. The maximum absolute atomic E-state index is 15.7. The van der Waals surface area contributed by atoms with Crippen molar-refractivity contribution in [3.8, 4) is 46.4 Å². The molecule has 2 aliphatic heterocycles. The minimum atomic E-state index is -1.10. The number of aromatic carboxylic acids is 2. The van der Waals surface area contributed by atoms with Gasteiger partial charge in [0, 0.05) is 67.0 Å². The van der Waals surface area contributed by atoms with E-state index in [9.17, 15) is 28.6 Å². The number of rotatable bonds is 16. The third-order valence-corrected chi connectivity index (χ3v) is 17.4. The third kappa shape index (κ3) is 13.2. The van der Waals surface area contributed by atoms with Gasteiger partial charge in [0.1, 0.15) is 70.8 Å². The van der Waals surface area contributed by atoms with Gasteiger partial charge in [-0.1, -0.05) is 52.0 Å². The summed E-state index contributed by atoms with van der Waals surface area (Å²) in [6, 6.07) is 30.7. The number of hydrogen-bond acceptors (Lipinski definition) is 12. The second-order valence-corrected chi connectivity index (χ2v) is 25.1. The van der Waals surface area contributed by atoms with Crippen molar-refractivity contribution in [1.29, 1.82) is 10.5 Å². The lowest BCUT2D eigenvalue weighted by Gasteiger charge is -2.28. The van der Waals surface area contributed by atoms with Crippen LogP contribution in [0.5, 0.6) is 11.8 Å². The lowest BCUT2D eigenvalue weighted by Crippen LogP contribution is -2.27. The van der Waals surface area contributed by atoms with Gasteiger partial charge in [-0.05, 0) is 128 Å². The molecule has 2 N–H and O–H groups in total. The molecule has 6 heterocycles. The summed E-state index contributed by atoms with van der Waals surface area (Å²) in [5.41, 5.74) is 2.44. The highest BCUT2D eigenvalue weighted by molar-refractivity contribution is 9.11. The summed E-state index contributed by atoms with van der Waals surface area (Å²) in [6.45, 7) is 9.35. The molecule has 0 amide bonds. The van der Waals surface area contributed by atoms with Gasteiger partial charge < -0.3 is 38.3 Å². The molecule has 0 radical (unpaired) electrons. The van der Waals surface area contributed by atoms with Crippen LogP contribution < -0.4 is 9.47 Å². The van der Waals surface area contributed by atoms with E-state index in [2.05, 4.69) is 41.8 Å². The molecule has 0 aliphatic carbocycles. The number of imidazole rings is 2. The Morgan fingerprint density at radius 2 is 0.935 bits per heavy atom. The van der Waals surface area contributed by atoms with E-state index in [1.807, 2.05) is 49.0 Å². The number of fused-ring (bicyclic) bond motifs is 2. The van der Waals surface area contributed by atoms with Crippen molar-refractivity contribution in [1.82, 2.24) is 29.1 Å². The molecule has 2 atom stereocenters. The van der Waals surface area contributed by atoms with Gasteiger partial charge in [-0.25, -0.2) is 55.9 Å². The largest absolute Gasteiger partial charge is 0.478 e. The van der Waals surface area contributed by atoms with Crippen molar-refractivity contribution in [3.05, 3.63) is 221 Å². The van der Waals surface area contributed by atoms with Crippen molar-refractivity contribution in [2.75, 3.05) is 26.4 Å². The van der Waals surface area contributed by atoms with E-state index in [0.29, 0.717) is 69.1 Å². The molecule has 2 unspecified atom stereocenters. The molecule has 24 heteroatoms. The highest BCUT2D eigenvalue weighted by Crippen LogP contribution is 2.44. The Bertz CT molecular complexity index is 4410. The summed E-state index contributed by atoms with van der Waals surface area (Å²) >= 11 is 6.87. The first-order valence-electron chi connectivity index (χ1n) is 28.5. The molecule has 16 nitrogen and oxygen atoms in total. The Morgan fingerprint density at radius 3 is 1.28 bits per heavy atom. The summed E-state index contributed by atoms with van der Waals surface area (Å²) < 4.78 is 119. The van der Waals surface area contributed by atoms with E-state index in [0.717, 1.165) is 36.4 Å². The number of aromatic nitrogens is 6. The number of ether oxygens (including phenoxy) is 4. The number of nitriles is 2. The SMILES string of the molecule is CC1(C)COCC1n1c(Cc2cc(F)c(-c3cccc(OCc4ccc(C#N)cc4F)n3)cc2F)nc2c(Br)cc(C(=O)O)cc21.CC1(C)COCC1n1c(Cc2cc(F)c(-c3cccc(OCc4ccc(C#N)cc4F)n3)cc2F)nc2c(Br)cc(C(=O)O)cc21. The molecule has 92 heavy (non-hydrogen) atoms. The van der Waals surface area contributed by atoms with Crippen molar-refractivity contribution < 1.29 is 65.1 Å². The van der Waals surface area contributed by atoms with Gasteiger partial charge in [-0.3, -0.25) is 0 Å². The van der Waals surface area contributed by atoms with Crippen LogP contribution in [0, 0.1) is 68.4 Å². The average molecular weight is 1380 g/mol. The summed E-state index contributed by atoms with van der Waals surface area (Å²) in [4.78, 5) is 41.8. The Labute approximate surface area is 538 Å². The van der Waals surface area contributed by atoms with E-state index in [-0.39, 0.29) is 128 Å². The maximum atomic E-state index is 15.7. The van der Waals surface area contributed by atoms with E-state index in [4.69, 9.17) is 39.4 Å². The molecule has 10 aromatic rings. The van der Waals surface area contributed by atoms with Gasteiger partial charge in [0.2, 0.25) is 11.8 Å². The van der Waals surface area contributed by atoms with Crippen LogP contribution in [0.15, 0.2) is 130 Å². The topological polar surface area (TPSA) is 221 Å². The highest BCUT2D eigenvalue weighted by Gasteiger charge is 2.41. The Morgan fingerprint density at radius 1 is 0.543 bits per heavy atom. The van der Waals surface area contributed by atoms with Crippen LogP contribution in [0.1, 0.15) is 106 Å². The van der Waals surface area contributed by atoms with Gasteiger partial charge in [0.05, 0.1) is 95.3 Å². The van der Waals surface area contributed by atoms with Crippen molar-refractivity contribution in [2.24, 2.45) is 10.8 Å². The lowest BCUT2D eigenvalue weighted by atomic mass is 9.87. The molecule has 4 aromatic heterocycles. The van der Waals surface area contributed by atoms with Crippen LogP contribution >= 0.6 is 31.9 Å². The number of carbonyl (C=O) groups is 2. The van der Waals surface area contributed by atoms with Crippen LogP contribution in [0.2, 0.25) is 0 Å². The van der Waals surface area contributed by atoms with Crippen molar-refractivity contribution >= 4 is 65.9 Å². The quantitative estimate of drug-likeness (QED) is 0.0860. The smallest absolute Gasteiger partial charge is 0.335 e. The van der Waals surface area contributed by atoms with Crippen LogP contribution in [0.4, 0.5) is 26.3 Å². The summed E-state index contributed by atoms with van der Waals surface area (Å²) in [6.07, 6.45) is -0.155. The molecule has 0 spiro atoms. The first kappa shape index (κ1) is 64.1. The van der Waals surface area contributed by atoms with Crippen molar-refractivity contribution in [2.45, 2.75) is 65.8 Å². The van der Waals surface area contributed by atoms with Gasteiger partial charge in [0.15, 0.2) is 0 Å². The van der Waals surface area contributed by atoms with Gasteiger partial charge in [-0.2, -0.15) is 10.5 Å². The molecular weight excluding hydrogens is 1330 g/mol. The number of carboxylic acids is 2. The first-order valence-corrected chi connectivity index (χ1v) is 30.0. The zero-order chi connectivity index (χ0) is 65.5. The fourth-order valence-corrected chi connectivity index (χ4v) is 12.3. The standard InChI is InChI=1S/2C34H26BrF3N4O4/c2*1-34(2)17-45-16-29(34)42-28-11-21(33(43)44)9-23(35)32(28)41-30(42)12-20-10-26(38)22(13-25(20)37)27-4-3-5-31(40-27)46-15-19-7-6-18(14-39)8-24(19)36/h2*3-11,13,29H,12,15-17H2,1-2H3,(H,43,44). The zero-order valence-electron chi connectivity index (χ0n) is 49.3. The van der Waals surface area contributed by atoms with E-state index < -0.39 is 46.8 Å². The summed E-state index contributed by atoms with van der Waals surface area (Å²) in [7, 11) is 0. The summed E-state index contributed by atoms with van der Waals surface area (Å²) in [5.74, 6) is -5.23. The number of benzene rings is 6. The molecule has 0 saturated carbocycles. The van der Waals surface area contributed by atoms with Gasteiger partial charge in [0.25, 0.3) is 0 Å². The molecule has 468 valence electrons. The molecule has 0 bridgehead atoms. The van der Waals surface area contributed by atoms with E-state index in [1.165, 1.54) is 72.8 Å². The molecule has 12 rings (SSSR count).